The van der Waals surface area contributed by atoms with Crippen molar-refractivity contribution in [1.29, 1.82) is 0 Å². The maximum Gasteiger partial charge on any atom is 0.188 e. The van der Waals surface area contributed by atoms with E-state index in [1.807, 2.05) is 0 Å². The zero-order valence-corrected chi connectivity index (χ0v) is 10.1. The summed E-state index contributed by atoms with van der Waals surface area (Å²) in [5.41, 5.74) is 5.74. The Balaban J connectivity index is 2.18. The molecule has 1 fully saturated rings. The Kier molecular flexibility index (Phi) is 5.51. The van der Waals surface area contributed by atoms with Crippen molar-refractivity contribution in [3.8, 4) is 0 Å². The standard InChI is InChI=1S/C12H25N3/c1-3-8-14-12(13)15-9-11-6-4-10(2)5-7-11/h10-11H,3-9H2,1-2H3,(H3,13,14,15). The number of guanidine groups is 1. The molecule has 1 saturated carbocycles. The van der Waals surface area contributed by atoms with Crippen LogP contribution in [0.2, 0.25) is 0 Å². The Labute approximate surface area is 93.5 Å². The molecule has 0 spiro atoms. The highest BCUT2D eigenvalue weighted by molar-refractivity contribution is 5.77. The highest BCUT2D eigenvalue weighted by Gasteiger charge is 2.17. The topological polar surface area (TPSA) is 50.4 Å². The molecule has 0 bridgehead atoms. The van der Waals surface area contributed by atoms with Crippen molar-refractivity contribution >= 4 is 5.96 Å². The minimum atomic E-state index is 0.621. The first-order chi connectivity index (χ1) is 7.22. The molecule has 0 unspecified atom stereocenters. The number of rotatable bonds is 4. The van der Waals surface area contributed by atoms with Crippen molar-refractivity contribution in [3.63, 3.8) is 0 Å². The summed E-state index contributed by atoms with van der Waals surface area (Å²) in [6.45, 7) is 6.31. The minimum absolute atomic E-state index is 0.621. The Morgan fingerprint density at radius 2 is 2.00 bits per heavy atom. The van der Waals surface area contributed by atoms with Gasteiger partial charge in [-0.05, 0) is 31.1 Å². The number of nitrogens with two attached hydrogens (primary N) is 1. The molecule has 0 saturated heterocycles. The van der Waals surface area contributed by atoms with E-state index in [2.05, 4.69) is 24.2 Å². The summed E-state index contributed by atoms with van der Waals surface area (Å²) in [5, 5.41) is 3.11. The van der Waals surface area contributed by atoms with Gasteiger partial charge in [0.15, 0.2) is 5.96 Å². The first-order valence-electron chi connectivity index (χ1n) is 6.26. The van der Waals surface area contributed by atoms with Crippen molar-refractivity contribution in [1.82, 2.24) is 5.32 Å². The highest BCUT2D eigenvalue weighted by atomic mass is 15.1. The molecule has 0 heterocycles. The predicted octanol–water partition coefficient (Wildman–Crippen LogP) is 2.13. The Morgan fingerprint density at radius 1 is 1.33 bits per heavy atom. The van der Waals surface area contributed by atoms with Crippen LogP contribution in [0.5, 0.6) is 0 Å². The van der Waals surface area contributed by atoms with Crippen LogP contribution >= 0.6 is 0 Å². The average Bonchev–Trinajstić information content (AvgIpc) is 2.25. The van der Waals surface area contributed by atoms with Gasteiger partial charge in [-0.15, -0.1) is 0 Å². The lowest BCUT2D eigenvalue weighted by Gasteiger charge is -2.24. The first kappa shape index (κ1) is 12.3. The molecule has 3 heteroatoms. The second-order valence-corrected chi connectivity index (χ2v) is 4.78. The molecule has 3 nitrogen and oxygen atoms in total. The van der Waals surface area contributed by atoms with Crippen LogP contribution in [0.3, 0.4) is 0 Å². The van der Waals surface area contributed by atoms with Gasteiger partial charge in [0, 0.05) is 13.1 Å². The van der Waals surface area contributed by atoms with Gasteiger partial charge in [0.05, 0.1) is 0 Å². The maximum atomic E-state index is 5.74. The van der Waals surface area contributed by atoms with Crippen LogP contribution in [0, 0.1) is 11.8 Å². The van der Waals surface area contributed by atoms with E-state index < -0.39 is 0 Å². The summed E-state index contributed by atoms with van der Waals surface area (Å²) in [6, 6.07) is 0. The first-order valence-corrected chi connectivity index (χ1v) is 6.26. The fourth-order valence-corrected chi connectivity index (χ4v) is 2.05. The monoisotopic (exact) mass is 211 g/mol. The summed E-state index contributed by atoms with van der Waals surface area (Å²) in [5.74, 6) is 2.31. The molecule has 0 radical (unpaired) electrons. The van der Waals surface area contributed by atoms with E-state index in [0.717, 1.165) is 31.3 Å². The van der Waals surface area contributed by atoms with E-state index in [1.165, 1.54) is 25.7 Å². The van der Waals surface area contributed by atoms with E-state index in [9.17, 15) is 0 Å². The molecule has 3 N–H and O–H groups in total. The summed E-state index contributed by atoms with van der Waals surface area (Å²) >= 11 is 0. The second kappa shape index (κ2) is 6.70. The lowest BCUT2D eigenvalue weighted by molar-refractivity contribution is 0.296. The third kappa shape index (κ3) is 5.05. The van der Waals surface area contributed by atoms with Crippen LogP contribution in [-0.4, -0.2) is 19.0 Å². The normalized spacial score (nSPS) is 27.7. The molecule has 1 aliphatic carbocycles. The van der Waals surface area contributed by atoms with Gasteiger partial charge in [-0.3, -0.25) is 4.99 Å². The molecule has 1 rings (SSSR count). The number of hydrogen-bond acceptors (Lipinski definition) is 1. The second-order valence-electron chi connectivity index (χ2n) is 4.78. The molecule has 0 atom stereocenters. The fourth-order valence-electron chi connectivity index (χ4n) is 2.05. The number of nitrogens with zero attached hydrogens (tertiary/aromatic N) is 1. The molecule has 0 aliphatic heterocycles. The molecule has 0 aromatic rings. The fraction of sp³-hybridized carbons (Fsp3) is 0.917. The average molecular weight is 211 g/mol. The van der Waals surface area contributed by atoms with Crippen LogP contribution < -0.4 is 11.1 Å². The maximum absolute atomic E-state index is 5.74. The van der Waals surface area contributed by atoms with Crippen molar-refractivity contribution < 1.29 is 0 Å². The number of hydrogen-bond donors (Lipinski definition) is 2. The Hall–Kier alpha value is -0.730. The van der Waals surface area contributed by atoms with Crippen molar-refractivity contribution in [3.05, 3.63) is 0 Å². The molecule has 15 heavy (non-hydrogen) atoms. The van der Waals surface area contributed by atoms with Crippen molar-refractivity contribution in [2.75, 3.05) is 13.1 Å². The smallest absolute Gasteiger partial charge is 0.188 e. The number of aliphatic imine (C=N–C) groups is 1. The molecule has 0 aromatic heterocycles. The molecular formula is C12H25N3. The van der Waals surface area contributed by atoms with Gasteiger partial charge in [0.25, 0.3) is 0 Å². The number of nitrogens with one attached hydrogen (secondary N) is 1. The van der Waals surface area contributed by atoms with E-state index in [0.29, 0.717) is 5.96 Å². The summed E-state index contributed by atoms with van der Waals surface area (Å²) < 4.78 is 0. The molecule has 1 aliphatic rings. The van der Waals surface area contributed by atoms with Crippen LogP contribution in [0.1, 0.15) is 46.0 Å². The molecule has 88 valence electrons. The third-order valence-corrected chi connectivity index (χ3v) is 3.21. The van der Waals surface area contributed by atoms with Gasteiger partial charge in [-0.1, -0.05) is 26.7 Å². The van der Waals surface area contributed by atoms with E-state index >= 15 is 0 Å². The third-order valence-electron chi connectivity index (χ3n) is 3.21. The van der Waals surface area contributed by atoms with Crippen LogP contribution in [0.4, 0.5) is 0 Å². The van der Waals surface area contributed by atoms with Gasteiger partial charge in [0.2, 0.25) is 0 Å². The SMILES string of the molecule is CCCNC(N)=NCC1CCC(C)CC1. The zero-order valence-electron chi connectivity index (χ0n) is 10.1. The predicted molar refractivity (Wildman–Crippen MR) is 65.9 cm³/mol. The van der Waals surface area contributed by atoms with Crippen LogP contribution in [0.25, 0.3) is 0 Å². The molecule has 0 amide bonds. The Bertz CT molecular complexity index is 193. The Morgan fingerprint density at radius 3 is 2.60 bits per heavy atom. The lowest BCUT2D eigenvalue weighted by Crippen LogP contribution is -2.33. The molecular weight excluding hydrogens is 186 g/mol. The zero-order chi connectivity index (χ0) is 11.1. The van der Waals surface area contributed by atoms with E-state index in [-0.39, 0.29) is 0 Å². The molecule has 0 aromatic carbocycles. The van der Waals surface area contributed by atoms with Crippen molar-refractivity contribution in [2.24, 2.45) is 22.6 Å². The summed E-state index contributed by atoms with van der Waals surface area (Å²) in [7, 11) is 0. The van der Waals surface area contributed by atoms with Gasteiger partial charge in [-0.2, -0.15) is 0 Å². The van der Waals surface area contributed by atoms with E-state index in [4.69, 9.17) is 5.73 Å². The summed E-state index contributed by atoms with van der Waals surface area (Å²) in [4.78, 5) is 4.39. The van der Waals surface area contributed by atoms with Gasteiger partial charge in [-0.25, -0.2) is 0 Å². The minimum Gasteiger partial charge on any atom is -0.370 e. The van der Waals surface area contributed by atoms with Gasteiger partial charge in [0.1, 0.15) is 0 Å². The lowest BCUT2D eigenvalue weighted by atomic mass is 9.83. The van der Waals surface area contributed by atoms with Crippen LogP contribution in [0.15, 0.2) is 4.99 Å². The highest BCUT2D eigenvalue weighted by Crippen LogP contribution is 2.28. The quantitative estimate of drug-likeness (QED) is 0.553. The van der Waals surface area contributed by atoms with Gasteiger partial charge >= 0.3 is 0 Å². The van der Waals surface area contributed by atoms with Crippen LogP contribution in [-0.2, 0) is 0 Å². The van der Waals surface area contributed by atoms with E-state index in [1.54, 1.807) is 0 Å². The van der Waals surface area contributed by atoms with Crippen molar-refractivity contribution in [2.45, 2.75) is 46.0 Å². The van der Waals surface area contributed by atoms with Gasteiger partial charge < -0.3 is 11.1 Å². The summed E-state index contributed by atoms with van der Waals surface area (Å²) in [6.07, 6.45) is 6.47. The largest absolute Gasteiger partial charge is 0.370 e.